The summed E-state index contributed by atoms with van der Waals surface area (Å²) in [4.78, 5) is 12.5. The molecule has 2 aromatic heterocycles. The van der Waals surface area contributed by atoms with Gasteiger partial charge < -0.3 is 13.8 Å². The predicted molar refractivity (Wildman–Crippen MR) is 93.6 cm³/mol. The SMILES string of the molecule is CCOC(=O)c1cc2c(n1Cc1ccc(C)cc1)-c1oncc1CC2. The van der Waals surface area contributed by atoms with Crippen LogP contribution in [-0.4, -0.2) is 22.3 Å². The van der Waals surface area contributed by atoms with E-state index >= 15 is 0 Å². The number of aryl methyl sites for hydroxylation is 3. The molecule has 0 atom stereocenters. The number of ether oxygens (including phenoxy) is 1. The van der Waals surface area contributed by atoms with E-state index in [2.05, 4.69) is 36.3 Å². The molecule has 5 nitrogen and oxygen atoms in total. The highest BCUT2D eigenvalue weighted by molar-refractivity contribution is 5.90. The van der Waals surface area contributed by atoms with Crippen molar-refractivity contribution in [3.05, 3.63) is 64.5 Å². The molecular weight excluding hydrogens is 316 g/mol. The Morgan fingerprint density at radius 3 is 2.76 bits per heavy atom. The molecule has 0 fully saturated rings. The number of aromatic nitrogens is 2. The smallest absolute Gasteiger partial charge is 0.354 e. The molecule has 0 saturated heterocycles. The van der Waals surface area contributed by atoms with Crippen molar-refractivity contribution >= 4 is 5.97 Å². The van der Waals surface area contributed by atoms with Crippen LogP contribution >= 0.6 is 0 Å². The van der Waals surface area contributed by atoms with Crippen molar-refractivity contribution < 1.29 is 14.1 Å². The minimum Gasteiger partial charge on any atom is -0.461 e. The van der Waals surface area contributed by atoms with Gasteiger partial charge in [0.05, 0.1) is 18.5 Å². The topological polar surface area (TPSA) is 57.3 Å². The molecule has 0 radical (unpaired) electrons. The van der Waals surface area contributed by atoms with Crippen LogP contribution < -0.4 is 0 Å². The van der Waals surface area contributed by atoms with Crippen LogP contribution in [0.25, 0.3) is 11.5 Å². The molecule has 0 unspecified atom stereocenters. The van der Waals surface area contributed by atoms with E-state index in [-0.39, 0.29) is 5.97 Å². The highest BCUT2D eigenvalue weighted by atomic mass is 16.5. The van der Waals surface area contributed by atoms with Gasteiger partial charge in [-0.25, -0.2) is 4.79 Å². The van der Waals surface area contributed by atoms with Gasteiger partial charge in [-0.3, -0.25) is 0 Å². The van der Waals surface area contributed by atoms with E-state index in [9.17, 15) is 4.79 Å². The lowest BCUT2D eigenvalue weighted by atomic mass is 9.96. The molecule has 5 heteroatoms. The Bertz CT molecular complexity index is 919. The first-order chi connectivity index (χ1) is 12.2. The molecule has 3 aromatic rings. The Morgan fingerprint density at radius 2 is 2.00 bits per heavy atom. The first-order valence-electron chi connectivity index (χ1n) is 8.56. The van der Waals surface area contributed by atoms with Gasteiger partial charge in [0.25, 0.3) is 0 Å². The zero-order chi connectivity index (χ0) is 17.4. The van der Waals surface area contributed by atoms with Gasteiger partial charge in [-0.05, 0) is 43.9 Å². The van der Waals surface area contributed by atoms with Crippen molar-refractivity contribution in [3.63, 3.8) is 0 Å². The molecule has 0 N–H and O–H groups in total. The molecule has 25 heavy (non-hydrogen) atoms. The third-order valence-corrected chi connectivity index (χ3v) is 4.64. The quantitative estimate of drug-likeness (QED) is 0.681. The van der Waals surface area contributed by atoms with E-state index in [4.69, 9.17) is 9.26 Å². The number of nitrogens with zero attached hydrogens (tertiary/aromatic N) is 2. The Kier molecular flexibility index (Phi) is 3.92. The average molecular weight is 336 g/mol. The van der Waals surface area contributed by atoms with Crippen LogP contribution in [0.3, 0.4) is 0 Å². The monoisotopic (exact) mass is 336 g/mol. The maximum absolute atomic E-state index is 12.5. The molecule has 128 valence electrons. The number of hydrogen-bond acceptors (Lipinski definition) is 4. The number of benzene rings is 1. The average Bonchev–Trinajstić information content (AvgIpc) is 3.21. The van der Waals surface area contributed by atoms with Crippen molar-refractivity contribution in [2.45, 2.75) is 33.2 Å². The lowest BCUT2D eigenvalue weighted by molar-refractivity contribution is 0.0514. The van der Waals surface area contributed by atoms with Crippen LogP contribution in [0, 0.1) is 6.92 Å². The van der Waals surface area contributed by atoms with E-state index in [0.717, 1.165) is 41.0 Å². The molecule has 2 heterocycles. The van der Waals surface area contributed by atoms with E-state index in [1.807, 2.05) is 17.6 Å². The Balaban J connectivity index is 1.84. The minimum absolute atomic E-state index is 0.301. The normalized spacial score (nSPS) is 12.6. The zero-order valence-electron chi connectivity index (χ0n) is 14.4. The van der Waals surface area contributed by atoms with Crippen LogP contribution in [-0.2, 0) is 24.1 Å². The summed E-state index contributed by atoms with van der Waals surface area (Å²) in [5, 5.41) is 3.95. The van der Waals surface area contributed by atoms with E-state index < -0.39 is 0 Å². The van der Waals surface area contributed by atoms with Crippen molar-refractivity contribution in [2.75, 3.05) is 6.61 Å². The van der Waals surface area contributed by atoms with Crippen LogP contribution in [0.15, 0.2) is 41.1 Å². The van der Waals surface area contributed by atoms with Gasteiger partial charge in [0.2, 0.25) is 0 Å². The Labute approximate surface area is 146 Å². The van der Waals surface area contributed by atoms with Gasteiger partial charge in [-0.1, -0.05) is 35.0 Å². The third kappa shape index (κ3) is 2.76. The largest absolute Gasteiger partial charge is 0.461 e. The molecule has 1 aliphatic rings. The molecule has 0 amide bonds. The molecule has 1 aromatic carbocycles. The second-order valence-corrected chi connectivity index (χ2v) is 6.38. The Morgan fingerprint density at radius 1 is 1.24 bits per heavy atom. The van der Waals surface area contributed by atoms with Crippen molar-refractivity contribution in [2.24, 2.45) is 0 Å². The fraction of sp³-hybridized carbons (Fsp3) is 0.300. The summed E-state index contributed by atoms with van der Waals surface area (Å²) in [7, 11) is 0. The van der Waals surface area contributed by atoms with Crippen LogP contribution in [0.5, 0.6) is 0 Å². The highest BCUT2D eigenvalue weighted by Gasteiger charge is 2.29. The fourth-order valence-electron chi connectivity index (χ4n) is 3.38. The van der Waals surface area contributed by atoms with Gasteiger partial charge in [-0.2, -0.15) is 0 Å². The summed E-state index contributed by atoms with van der Waals surface area (Å²) in [6, 6.07) is 10.3. The van der Waals surface area contributed by atoms with Gasteiger partial charge in [0, 0.05) is 12.1 Å². The third-order valence-electron chi connectivity index (χ3n) is 4.64. The molecule has 0 aliphatic heterocycles. The highest BCUT2D eigenvalue weighted by Crippen LogP contribution is 2.36. The maximum atomic E-state index is 12.5. The lowest BCUT2D eigenvalue weighted by Gasteiger charge is -2.16. The molecule has 1 aliphatic carbocycles. The molecule has 4 rings (SSSR count). The summed E-state index contributed by atoms with van der Waals surface area (Å²) >= 11 is 0. The van der Waals surface area contributed by atoms with Gasteiger partial charge >= 0.3 is 5.97 Å². The number of carbonyl (C=O) groups excluding carboxylic acids is 1. The summed E-state index contributed by atoms with van der Waals surface area (Å²) in [6.45, 7) is 4.82. The second-order valence-electron chi connectivity index (χ2n) is 6.38. The van der Waals surface area contributed by atoms with Gasteiger partial charge in [0.1, 0.15) is 5.69 Å². The predicted octanol–water partition coefficient (Wildman–Crippen LogP) is 3.78. The van der Waals surface area contributed by atoms with Crippen molar-refractivity contribution in [3.8, 4) is 11.5 Å². The molecule has 0 spiro atoms. The van der Waals surface area contributed by atoms with Crippen molar-refractivity contribution in [1.82, 2.24) is 9.72 Å². The molecular formula is C20H20N2O3. The number of rotatable bonds is 4. The number of esters is 1. The molecule has 0 saturated carbocycles. The first kappa shape index (κ1) is 15.7. The van der Waals surface area contributed by atoms with E-state index in [1.54, 1.807) is 6.20 Å². The lowest BCUT2D eigenvalue weighted by Crippen LogP contribution is -2.14. The maximum Gasteiger partial charge on any atom is 0.354 e. The number of carbonyl (C=O) groups is 1. The summed E-state index contributed by atoms with van der Waals surface area (Å²) in [5.41, 5.74) is 6.05. The van der Waals surface area contributed by atoms with Crippen molar-refractivity contribution in [1.29, 1.82) is 0 Å². The first-order valence-corrected chi connectivity index (χ1v) is 8.56. The van der Waals surface area contributed by atoms with Crippen LogP contribution in [0.4, 0.5) is 0 Å². The number of hydrogen-bond donors (Lipinski definition) is 0. The Hall–Kier alpha value is -2.82. The minimum atomic E-state index is -0.301. The van der Waals surface area contributed by atoms with Crippen LogP contribution in [0.2, 0.25) is 0 Å². The second kappa shape index (κ2) is 6.24. The number of fused-ring (bicyclic) bond motifs is 3. The summed E-state index contributed by atoms with van der Waals surface area (Å²) < 4.78 is 12.8. The fourth-order valence-corrected chi connectivity index (χ4v) is 3.38. The van der Waals surface area contributed by atoms with Crippen LogP contribution in [0.1, 0.15) is 39.7 Å². The summed E-state index contributed by atoms with van der Waals surface area (Å²) in [5.74, 6) is 0.467. The van der Waals surface area contributed by atoms with Gasteiger partial charge in [0.15, 0.2) is 5.76 Å². The van der Waals surface area contributed by atoms with E-state index in [1.165, 1.54) is 5.56 Å². The molecule has 0 bridgehead atoms. The van der Waals surface area contributed by atoms with Gasteiger partial charge in [-0.15, -0.1) is 0 Å². The summed E-state index contributed by atoms with van der Waals surface area (Å²) in [6.07, 6.45) is 3.52. The zero-order valence-corrected chi connectivity index (χ0v) is 14.4. The van der Waals surface area contributed by atoms with E-state index in [0.29, 0.717) is 18.8 Å². The standard InChI is InChI=1S/C20H20N2O3/c1-3-24-20(23)17-10-15-8-9-16-11-21-25-19(16)18(15)22(17)12-14-6-4-13(2)5-7-14/h4-7,10-11H,3,8-9,12H2,1-2H3.